The Hall–Kier alpha value is -1.26. The van der Waals surface area contributed by atoms with Crippen molar-refractivity contribution >= 4 is 5.91 Å². The summed E-state index contributed by atoms with van der Waals surface area (Å²) in [6.07, 6.45) is 2.99. The predicted molar refractivity (Wildman–Crippen MR) is 57.3 cm³/mol. The molecule has 0 aliphatic rings. The molecular formula is C9H18N4O2. The summed E-state index contributed by atoms with van der Waals surface area (Å²) in [6.45, 7) is 2.43. The molecule has 0 aliphatic heterocycles. The van der Waals surface area contributed by atoms with Crippen molar-refractivity contribution in [3.63, 3.8) is 0 Å². The van der Waals surface area contributed by atoms with Crippen LogP contribution in [0.5, 0.6) is 0 Å². The zero-order valence-electron chi connectivity index (χ0n) is 9.27. The van der Waals surface area contributed by atoms with Gasteiger partial charge in [-0.3, -0.25) is 4.79 Å². The molecule has 0 bridgehead atoms. The maximum absolute atomic E-state index is 11.2. The molecule has 6 heteroatoms. The Bertz CT molecular complexity index is 226. The maximum Gasteiger partial charge on any atom is 0.226 e. The predicted octanol–water partition coefficient (Wildman–Crippen LogP) is 1.62. The molecular weight excluding hydrogens is 196 g/mol. The number of hydrogen-bond donors (Lipinski definition) is 1. The van der Waals surface area contributed by atoms with Crippen LogP contribution >= 0.6 is 0 Å². The van der Waals surface area contributed by atoms with E-state index in [1.807, 2.05) is 0 Å². The van der Waals surface area contributed by atoms with Crippen molar-refractivity contribution in [1.29, 1.82) is 0 Å². The van der Waals surface area contributed by atoms with Gasteiger partial charge in [0.25, 0.3) is 0 Å². The van der Waals surface area contributed by atoms with Crippen LogP contribution in [0.1, 0.15) is 26.2 Å². The van der Waals surface area contributed by atoms with Crippen LogP contribution in [0.3, 0.4) is 0 Å². The molecule has 6 nitrogen and oxygen atoms in total. The minimum Gasteiger partial charge on any atom is -0.383 e. The van der Waals surface area contributed by atoms with Crippen molar-refractivity contribution < 1.29 is 9.53 Å². The molecule has 1 amide bonds. The minimum absolute atomic E-state index is 0.0105. The first-order valence-electron chi connectivity index (χ1n) is 5.03. The molecule has 15 heavy (non-hydrogen) atoms. The van der Waals surface area contributed by atoms with Crippen LogP contribution in [-0.2, 0) is 9.53 Å². The van der Waals surface area contributed by atoms with Crippen LogP contribution in [0.25, 0.3) is 10.4 Å². The maximum atomic E-state index is 11.2. The highest BCUT2D eigenvalue weighted by Gasteiger charge is 2.10. The van der Waals surface area contributed by atoms with Crippen LogP contribution in [0.15, 0.2) is 5.11 Å². The average molecular weight is 214 g/mol. The van der Waals surface area contributed by atoms with Crippen molar-refractivity contribution in [1.82, 2.24) is 5.32 Å². The second-order valence-corrected chi connectivity index (χ2v) is 3.25. The number of azide groups is 1. The van der Waals surface area contributed by atoms with Crippen LogP contribution in [-0.4, -0.2) is 32.2 Å². The van der Waals surface area contributed by atoms with Crippen LogP contribution in [0.4, 0.5) is 0 Å². The number of rotatable bonds is 8. The van der Waals surface area contributed by atoms with Crippen molar-refractivity contribution in [2.75, 3.05) is 20.3 Å². The Kier molecular flexibility index (Phi) is 8.52. The molecule has 1 N–H and O–H groups in total. The largest absolute Gasteiger partial charge is 0.383 e. The summed E-state index contributed by atoms with van der Waals surface area (Å²) >= 11 is 0. The van der Waals surface area contributed by atoms with Gasteiger partial charge in [-0.2, -0.15) is 0 Å². The summed E-state index contributed by atoms with van der Waals surface area (Å²) in [5.41, 5.74) is 8.05. The zero-order valence-corrected chi connectivity index (χ0v) is 9.27. The fourth-order valence-corrected chi connectivity index (χ4v) is 1.22. The summed E-state index contributed by atoms with van der Waals surface area (Å²) in [5, 5.41) is 5.95. The number of carbonyl (C=O) groups excluding carboxylic acids is 1. The fraction of sp³-hybridized carbons (Fsp3) is 0.889. The third-order valence-corrected chi connectivity index (χ3v) is 1.92. The third-order valence-electron chi connectivity index (χ3n) is 1.92. The lowest BCUT2D eigenvalue weighted by molar-refractivity contribution is -0.120. The van der Waals surface area contributed by atoms with E-state index in [0.717, 1.165) is 19.3 Å². The minimum atomic E-state index is -0.258. The van der Waals surface area contributed by atoms with E-state index in [2.05, 4.69) is 22.3 Å². The van der Waals surface area contributed by atoms with Gasteiger partial charge >= 0.3 is 0 Å². The van der Waals surface area contributed by atoms with E-state index < -0.39 is 0 Å². The summed E-state index contributed by atoms with van der Waals surface area (Å²) in [6, 6.07) is 0.0105. The van der Waals surface area contributed by atoms with Gasteiger partial charge in [-0.15, -0.1) is 0 Å². The van der Waals surface area contributed by atoms with Gasteiger partial charge in [0.05, 0.1) is 12.6 Å². The Morgan fingerprint density at radius 3 is 2.93 bits per heavy atom. The molecule has 0 saturated heterocycles. The lowest BCUT2D eigenvalue weighted by atomic mass is 10.1. The topological polar surface area (TPSA) is 87.1 Å². The number of amides is 1. The van der Waals surface area contributed by atoms with Crippen molar-refractivity contribution in [2.24, 2.45) is 5.11 Å². The van der Waals surface area contributed by atoms with Crippen molar-refractivity contribution in [3.8, 4) is 0 Å². The molecule has 0 heterocycles. The van der Waals surface area contributed by atoms with Crippen LogP contribution in [0, 0.1) is 0 Å². The Morgan fingerprint density at radius 2 is 2.40 bits per heavy atom. The average Bonchev–Trinajstić information content (AvgIpc) is 2.23. The summed E-state index contributed by atoms with van der Waals surface area (Å²) in [5.74, 6) is -0.258. The fourth-order valence-electron chi connectivity index (χ4n) is 1.22. The SMILES string of the molecule is CCCCC(COC)NC(=O)CN=[N+]=[N-]. The Labute approximate surface area is 89.6 Å². The first kappa shape index (κ1) is 13.7. The van der Waals surface area contributed by atoms with E-state index in [9.17, 15) is 4.79 Å². The molecule has 0 aliphatic carbocycles. The molecule has 0 aromatic rings. The van der Waals surface area contributed by atoms with E-state index in [0.29, 0.717) is 6.61 Å². The lowest BCUT2D eigenvalue weighted by Gasteiger charge is -2.16. The number of ether oxygens (including phenoxy) is 1. The van der Waals surface area contributed by atoms with Gasteiger partial charge in [0.1, 0.15) is 6.54 Å². The highest BCUT2D eigenvalue weighted by atomic mass is 16.5. The highest BCUT2D eigenvalue weighted by molar-refractivity contribution is 5.78. The number of nitrogens with one attached hydrogen (secondary N) is 1. The van der Waals surface area contributed by atoms with Gasteiger partial charge < -0.3 is 10.1 Å². The lowest BCUT2D eigenvalue weighted by Crippen LogP contribution is -2.39. The van der Waals surface area contributed by atoms with Gasteiger partial charge in [0, 0.05) is 12.0 Å². The molecule has 0 saturated carbocycles. The summed E-state index contributed by atoms with van der Waals surface area (Å²) < 4.78 is 4.99. The molecule has 0 spiro atoms. The molecule has 86 valence electrons. The normalized spacial score (nSPS) is 11.6. The van der Waals surface area contributed by atoms with Crippen LogP contribution in [0.2, 0.25) is 0 Å². The zero-order chi connectivity index (χ0) is 11.5. The summed E-state index contributed by atoms with van der Waals surface area (Å²) in [4.78, 5) is 13.7. The van der Waals surface area contributed by atoms with Gasteiger partial charge in [0.15, 0.2) is 0 Å². The second kappa shape index (κ2) is 9.30. The number of hydrogen-bond acceptors (Lipinski definition) is 3. The number of carbonyl (C=O) groups is 1. The summed E-state index contributed by atoms with van der Waals surface area (Å²) in [7, 11) is 1.60. The van der Waals surface area contributed by atoms with Gasteiger partial charge in [0.2, 0.25) is 5.91 Å². The molecule has 0 fully saturated rings. The number of methoxy groups -OCH3 is 1. The van der Waals surface area contributed by atoms with E-state index >= 15 is 0 Å². The first-order valence-corrected chi connectivity index (χ1v) is 5.03. The third kappa shape index (κ3) is 7.78. The standard InChI is InChI=1S/C9H18N4O2/c1-3-4-5-8(7-15-2)12-9(14)6-11-13-10/h8H,3-7H2,1-2H3,(H,12,14). The van der Waals surface area contributed by atoms with E-state index in [-0.39, 0.29) is 18.5 Å². The highest BCUT2D eigenvalue weighted by Crippen LogP contribution is 2.00. The molecule has 1 atom stereocenters. The van der Waals surface area contributed by atoms with Gasteiger partial charge in [-0.25, -0.2) is 0 Å². The van der Waals surface area contributed by atoms with Crippen molar-refractivity contribution in [3.05, 3.63) is 10.4 Å². The molecule has 1 unspecified atom stereocenters. The molecule has 0 aromatic heterocycles. The van der Waals surface area contributed by atoms with Gasteiger partial charge in [-0.05, 0) is 12.0 Å². The second-order valence-electron chi connectivity index (χ2n) is 3.25. The Balaban J connectivity index is 3.90. The monoisotopic (exact) mass is 214 g/mol. The van der Waals surface area contributed by atoms with E-state index in [1.165, 1.54) is 0 Å². The number of unbranched alkanes of at least 4 members (excludes halogenated alkanes) is 1. The quantitative estimate of drug-likeness (QED) is 0.378. The number of nitrogens with zero attached hydrogens (tertiary/aromatic N) is 3. The van der Waals surface area contributed by atoms with E-state index in [4.69, 9.17) is 10.3 Å². The molecule has 0 aromatic carbocycles. The molecule has 0 radical (unpaired) electrons. The van der Waals surface area contributed by atoms with Crippen molar-refractivity contribution in [2.45, 2.75) is 32.2 Å². The smallest absolute Gasteiger partial charge is 0.226 e. The molecule has 0 rings (SSSR count). The first-order chi connectivity index (χ1) is 7.24. The van der Waals surface area contributed by atoms with Gasteiger partial charge in [-0.1, -0.05) is 24.9 Å². The van der Waals surface area contributed by atoms with E-state index in [1.54, 1.807) is 7.11 Å². The van der Waals surface area contributed by atoms with Crippen LogP contribution < -0.4 is 5.32 Å². The Morgan fingerprint density at radius 1 is 1.67 bits per heavy atom.